The lowest BCUT2D eigenvalue weighted by Gasteiger charge is -2.15. The van der Waals surface area contributed by atoms with E-state index in [0.29, 0.717) is 16.9 Å². The molecular formula is C17H17N5O2. The van der Waals surface area contributed by atoms with Crippen molar-refractivity contribution in [2.75, 3.05) is 10.6 Å². The van der Waals surface area contributed by atoms with E-state index < -0.39 is 6.03 Å². The summed E-state index contributed by atoms with van der Waals surface area (Å²) in [6.45, 7) is 1.84. The smallest absolute Gasteiger partial charge is 0.319 e. The molecule has 0 aliphatic heterocycles. The predicted octanol–water partition coefficient (Wildman–Crippen LogP) is 2.93. The quantitative estimate of drug-likeness (QED) is 0.692. The number of anilines is 2. The van der Waals surface area contributed by atoms with Gasteiger partial charge < -0.3 is 21.7 Å². The minimum atomic E-state index is -0.632. The fourth-order valence-electron chi connectivity index (χ4n) is 2.11. The molecule has 0 spiro atoms. The topological polar surface area (TPSA) is 120 Å². The van der Waals surface area contributed by atoms with Crippen LogP contribution in [0.1, 0.15) is 24.1 Å². The highest BCUT2D eigenvalue weighted by Crippen LogP contribution is 2.16. The molecule has 2 rings (SSSR count). The van der Waals surface area contributed by atoms with Gasteiger partial charge in [0.15, 0.2) is 0 Å². The van der Waals surface area contributed by atoms with Crippen LogP contribution in [0.3, 0.4) is 0 Å². The van der Waals surface area contributed by atoms with Gasteiger partial charge in [-0.05, 0) is 42.8 Å². The lowest BCUT2D eigenvalue weighted by Crippen LogP contribution is -2.31. The number of urea groups is 2. The fourth-order valence-corrected chi connectivity index (χ4v) is 2.11. The third-order valence-electron chi connectivity index (χ3n) is 3.28. The number of primary amides is 1. The SMILES string of the molecule is CC(NC(=O)Nc1cccc(C#N)c1)c1ccc(NC(N)=O)cc1. The van der Waals surface area contributed by atoms with E-state index in [0.717, 1.165) is 5.56 Å². The number of nitrogens with two attached hydrogens (primary N) is 1. The summed E-state index contributed by atoms with van der Waals surface area (Å²) in [4.78, 5) is 22.8. The molecule has 4 amide bonds. The summed E-state index contributed by atoms with van der Waals surface area (Å²) in [6, 6.07) is 14.4. The minimum absolute atomic E-state index is 0.244. The highest BCUT2D eigenvalue weighted by Gasteiger charge is 2.10. The molecule has 2 aromatic rings. The maximum absolute atomic E-state index is 12.0. The van der Waals surface area contributed by atoms with Gasteiger partial charge >= 0.3 is 12.1 Å². The van der Waals surface area contributed by atoms with Gasteiger partial charge in [-0.2, -0.15) is 5.26 Å². The molecule has 0 saturated carbocycles. The van der Waals surface area contributed by atoms with Crippen LogP contribution >= 0.6 is 0 Å². The standard InChI is InChI=1S/C17H17N5O2/c1-11(13-5-7-14(8-6-13)21-16(19)23)20-17(24)22-15-4-2-3-12(9-15)10-18/h2-9,11H,1H3,(H3,19,21,23)(H2,20,22,24). The molecule has 122 valence electrons. The summed E-state index contributed by atoms with van der Waals surface area (Å²) >= 11 is 0. The van der Waals surface area contributed by atoms with E-state index in [1.165, 1.54) is 0 Å². The van der Waals surface area contributed by atoms with Crippen LogP contribution < -0.4 is 21.7 Å². The van der Waals surface area contributed by atoms with Crippen molar-refractivity contribution in [1.29, 1.82) is 5.26 Å². The lowest BCUT2D eigenvalue weighted by molar-refractivity contribution is 0.249. The molecule has 24 heavy (non-hydrogen) atoms. The first-order valence-electron chi connectivity index (χ1n) is 7.22. The molecule has 2 aromatic carbocycles. The summed E-state index contributed by atoms with van der Waals surface area (Å²) in [7, 11) is 0. The summed E-state index contributed by atoms with van der Waals surface area (Å²) in [5, 5.41) is 16.8. The van der Waals surface area contributed by atoms with Crippen molar-refractivity contribution < 1.29 is 9.59 Å². The van der Waals surface area contributed by atoms with Crippen molar-refractivity contribution in [3.63, 3.8) is 0 Å². The van der Waals surface area contributed by atoms with Crippen molar-refractivity contribution in [2.24, 2.45) is 5.73 Å². The predicted molar refractivity (Wildman–Crippen MR) is 91.4 cm³/mol. The largest absolute Gasteiger partial charge is 0.351 e. The van der Waals surface area contributed by atoms with Gasteiger partial charge in [-0.1, -0.05) is 18.2 Å². The van der Waals surface area contributed by atoms with Gasteiger partial charge in [0.1, 0.15) is 0 Å². The van der Waals surface area contributed by atoms with E-state index in [-0.39, 0.29) is 12.1 Å². The Hall–Kier alpha value is -3.53. The Morgan fingerprint density at radius 2 is 1.79 bits per heavy atom. The van der Waals surface area contributed by atoms with Crippen LogP contribution in [0.5, 0.6) is 0 Å². The molecule has 0 fully saturated rings. The molecule has 0 saturated heterocycles. The first-order chi connectivity index (χ1) is 11.5. The zero-order chi connectivity index (χ0) is 17.5. The van der Waals surface area contributed by atoms with Crippen LogP contribution in [-0.4, -0.2) is 12.1 Å². The molecule has 0 aliphatic carbocycles. The highest BCUT2D eigenvalue weighted by atomic mass is 16.2. The second kappa shape index (κ2) is 7.65. The summed E-state index contributed by atoms with van der Waals surface area (Å²) in [5.74, 6) is 0. The Balaban J connectivity index is 1.95. The van der Waals surface area contributed by atoms with E-state index >= 15 is 0 Å². The normalized spacial score (nSPS) is 11.0. The first kappa shape index (κ1) is 16.8. The maximum atomic E-state index is 12.0. The number of nitrogens with zero attached hydrogens (tertiary/aromatic N) is 1. The molecule has 0 bridgehead atoms. The molecule has 0 radical (unpaired) electrons. The Labute approximate surface area is 139 Å². The number of hydrogen-bond acceptors (Lipinski definition) is 3. The van der Waals surface area contributed by atoms with Gasteiger partial charge in [0.2, 0.25) is 0 Å². The van der Waals surface area contributed by atoms with Crippen LogP contribution in [0.15, 0.2) is 48.5 Å². The maximum Gasteiger partial charge on any atom is 0.319 e. The van der Waals surface area contributed by atoms with Crippen molar-refractivity contribution in [1.82, 2.24) is 5.32 Å². The van der Waals surface area contributed by atoms with Crippen LogP contribution in [-0.2, 0) is 0 Å². The molecule has 0 heterocycles. The van der Waals surface area contributed by atoms with Gasteiger partial charge in [-0.3, -0.25) is 0 Å². The number of carbonyl (C=O) groups excluding carboxylic acids is 2. The molecule has 7 nitrogen and oxygen atoms in total. The van der Waals surface area contributed by atoms with Gasteiger partial charge in [0.25, 0.3) is 0 Å². The number of nitriles is 1. The lowest BCUT2D eigenvalue weighted by atomic mass is 10.1. The molecule has 0 aliphatic rings. The first-order valence-corrected chi connectivity index (χ1v) is 7.22. The van der Waals surface area contributed by atoms with Crippen molar-refractivity contribution in [3.8, 4) is 6.07 Å². The average Bonchev–Trinajstić information content (AvgIpc) is 2.55. The fraction of sp³-hybridized carbons (Fsp3) is 0.118. The summed E-state index contributed by atoms with van der Waals surface area (Å²) in [5.41, 5.74) is 7.51. The molecule has 1 atom stereocenters. The Kier molecular flexibility index (Phi) is 5.36. The van der Waals surface area contributed by atoms with E-state index in [4.69, 9.17) is 11.0 Å². The summed E-state index contributed by atoms with van der Waals surface area (Å²) < 4.78 is 0. The van der Waals surface area contributed by atoms with E-state index in [2.05, 4.69) is 16.0 Å². The Morgan fingerprint density at radius 1 is 1.08 bits per heavy atom. The van der Waals surface area contributed by atoms with Crippen molar-refractivity contribution in [3.05, 3.63) is 59.7 Å². The van der Waals surface area contributed by atoms with Gasteiger partial charge in [-0.25, -0.2) is 9.59 Å². The second-order valence-corrected chi connectivity index (χ2v) is 5.12. The molecule has 0 aromatic heterocycles. The average molecular weight is 323 g/mol. The van der Waals surface area contributed by atoms with Crippen LogP contribution in [0.25, 0.3) is 0 Å². The number of rotatable bonds is 4. The molecule has 5 N–H and O–H groups in total. The van der Waals surface area contributed by atoms with E-state index in [1.54, 1.807) is 48.5 Å². The highest BCUT2D eigenvalue weighted by molar-refractivity contribution is 5.90. The molecular weight excluding hydrogens is 306 g/mol. The van der Waals surface area contributed by atoms with E-state index in [1.807, 2.05) is 13.0 Å². The third kappa shape index (κ3) is 4.74. The van der Waals surface area contributed by atoms with Crippen molar-refractivity contribution >= 4 is 23.4 Å². The monoisotopic (exact) mass is 323 g/mol. The van der Waals surface area contributed by atoms with E-state index in [9.17, 15) is 9.59 Å². The molecule has 1 unspecified atom stereocenters. The zero-order valence-corrected chi connectivity index (χ0v) is 13.0. The number of amides is 4. The van der Waals surface area contributed by atoms with Gasteiger partial charge in [-0.15, -0.1) is 0 Å². The second-order valence-electron chi connectivity index (χ2n) is 5.12. The summed E-state index contributed by atoms with van der Waals surface area (Å²) in [6.07, 6.45) is 0. The van der Waals surface area contributed by atoms with Crippen LogP contribution in [0.2, 0.25) is 0 Å². The Morgan fingerprint density at radius 3 is 2.42 bits per heavy atom. The third-order valence-corrected chi connectivity index (χ3v) is 3.28. The van der Waals surface area contributed by atoms with Crippen LogP contribution in [0, 0.1) is 11.3 Å². The minimum Gasteiger partial charge on any atom is -0.351 e. The number of nitrogens with one attached hydrogen (secondary N) is 3. The number of carbonyl (C=O) groups is 2. The molecule has 7 heteroatoms. The van der Waals surface area contributed by atoms with Gasteiger partial charge in [0.05, 0.1) is 17.7 Å². The Bertz CT molecular complexity index is 780. The van der Waals surface area contributed by atoms with Crippen molar-refractivity contribution in [2.45, 2.75) is 13.0 Å². The van der Waals surface area contributed by atoms with Gasteiger partial charge in [0, 0.05) is 11.4 Å². The zero-order valence-electron chi connectivity index (χ0n) is 13.0. The number of hydrogen-bond donors (Lipinski definition) is 4. The van der Waals surface area contributed by atoms with Crippen LogP contribution in [0.4, 0.5) is 21.0 Å². The number of benzene rings is 2.